The smallest absolute Gasteiger partial charge is 0.272 e. The van der Waals surface area contributed by atoms with E-state index in [0.717, 1.165) is 23.5 Å². The molecule has 3 heterocycles. The lowest BCUT2D eigenvalue weighted by atomic mass is 10.1. The Balaban J connectivity index is 1.60. The fourth-order valence-electron chi connectivity index (χ4n) is 3.24. The van der Waals surface area contributed by atoms with Gasteiger partial charge >= 0.3 is 0 Å². The molecule has 1 atom stereocenters. The average molecular weight is 386 g/mol. The zero-order valence-electron chi connectivity index (χ0n) is 14.9. The highest BCUT2D eigenvalue weighted by molar-refractivity contribution is 6.33. The fraction of sp³-hybridized carbons (Fsp3) is 0.300. The number of ether oxygens (including phenoxy) is 1. The van der Waals surface area contributed by atoms with Crippen LogP contribution in [0.2, 0.25) is 5.02 Å². The van der Waals surface area contributed by atoms with Crippen molar-refractivity contribution in [2.45, 2.75) is 19.4 Å². The number of aromatic nitrogens is 2. The van der Waals surface area contributed by atoms with E-state index in [1.54, 1.807) is 17.0 Å². The number of amides is 1. The summed E-state index contributed by atoms with van der Waals surface area (Å²) in [4.78, 5) is 14.9. The first-order chi connectivity index (χ1) is 13.2. The topological polar surface area (TPSA) is 71.4 Å². The van der Waals surface area contributed by atoms with Crippen molar-refractivity contribution in [1.29, 1.82) is 0 Å². The van der Waals surface area contributed by atoms with Crippen molar-refractivity contribution in [3.05, 3.63) is 64.7 Å². The molecule has 7 heteroatoms. The molecule has 1 unspecified atom stereocenters. The van der Waals surface area contributed by atoms with E-state index in [1.807, 2.05) is 37.3 Å². The van der Waals surface area contributed by atoms with Gasteiger partial charge in [-0.1, -0.05) is 36.7 Å². The molecule has 1 saturated heterocycles. The number of aryl methyl sites for hydroxylation is 1. The molecule has 1 aromatic carbocycles. The predicted octanol–water partition coefficient (Wildman–Crippen LogP) is 4.10. The van der Waals surface area contributed by atoms with Crippen LogP contribution in [0, 0.1) is 0 Å². The largest absolute Gasteiger partial charge is 0.464 e. The van der Waals surface area contributed by atoms with Crippen LogP contribution in [0.4, 0.5) is 0 Å². The zero-order chi connectivity index (χ0) is 18.8. The summed E-state index contributed by atoms with van der Waals surface area (Å²) in [6, 6.07) is 12.8. The predicted molar refractivity (Wildman–Crippen MR) is 102 cm³/mol. The van der Waals surface area contributed by atoms with Crippen LogP contribution in [0.1, 0.15) is 35.0 Å². The molecule has 1 aliphatic heterocycles. The van der Waals surface area contributed by atoms with Crippen molar-refractivity contribution < 1.29 is 13.9 Å². The Hall–Kier alpha value is -2.57. The van der Waals surface area contributed by atoms with Gasteiger partial charge in [-0.3, -0.25) is 9.89 Å². The number of carbonyl (C=O) groups excluding carboxylic acids is 1. The van der Waals surface area contributed by atoms with E-state index >= 15 is 0 Å². The Morgan fingerprint density at radius 1 is 1.33 bits per heavy atom. The van der Waals surface area contributed by atoms with Crippen LogP contribution < -0.4 is 0 Å². The fourth-order valence-corrected chi connectivity index (χ4v) is 3.47. The summed E-state index contributed by atoms with van der Waals surface area (Å²) in [7, 11) is 0. The minimum Gasteiger partial charge on any atom is -0.464 e. The first kappa shape index (κ1) is 17.8. The van der Waals surface area contributed by atoms with Gasteiger partial charge in [0, 0.05) is 18.5 Å². The number of aromatic amines is 1. The van der Waals surface area contributed by atoms with Gasteiger partial charge in [-0.25, -0.2) is 0 Å². The number of rotatable bonds is 4. The standard InChI is InChI=1S/C20H20ClN3O3/c1-2-13-7-8-19(27-13)18-12-26-10-9-24(18)20(25)17-11-16(22-23-17)14-5-3-4-6-15(14)21/h3-8,11,18H,2,9-10,12H2,1H3,(H,22,23). The maximum atomic E-state index is 13.1. The average Bonchev–Trinajstić information content (AvgIpc) is 3.37. The number of morpholine rings is 1. The molecular weight excluding hydrogens is 366 g/mol. The van der Waals surface area contributed by atoms with Crippen LogP contribution in [-0.4, -0.2) is 40.8 Å². The van der Waals surface area contributed by atoms with Gasteiger partial charge in [0.15, 0.2) is 0 Å². The van der Waals surface area contributed by atoms with E-state index in [0.29, 0.717) is 36.2 Å². The molecule has 3 aromatic rings. The highest BCUT2D eigenvalue weighted by Gasteiger charge is 2.32. The van der Waals surface area contributed by atoms with Crippen molar-refractivity contribution in [2.75, 3.05) is 19.8 Å². The van der Waals surface area contributed by atoms with Crippen LogP contribution in [0.15, 0.2) is 46.9 Å². The number of halogens is 1. The summed E-state index contributed by atoms with van der Waals surface area (Å²) in [5.41, 5.74) is 1.84. The maximum absolute atomic E-state index is 13.1. The van der Waals surface area contributed by atoms with Crippen LogP contribution in [0.3, 0.4) is 0 Å². The van der Waals surface area contributed by atoms with Gasteiger partial charge < -0.3 is 14.1 Å². The second-order valence-electron chi connectivity index (χ2n) is 6.39. The lowest BCUT2D eigenvalue weighted by Gasteiger charge is -2.34. The van der Waals surface area contributed by atoms with E-state index in [4.69, 9.17) is 20.8 Å². The van der Waals surface area contributed by atoms with Gasteiger partial charge in [0.2, 0.25) is 0 Å². The molecule has 4 rings (SSSR count). The van der Waals surface area contributed by atoms with Crippen LogP contribution >= 0.6 is 11.6 Å². The first-order valence-corrected chi connectivity index (χ1v) is 9.32. The molecule has 2 aromatic heterocycles. The summed E-state index contributed by atoms with van der Waals surface area (Å²) in [6.45, 7) is 3.43. The highest BCUT2D eigenvalue weighted by Crippen LogP contribution is 2.29. The second-order valence-corrected chi connectivity index (χ2v) is 6.80. The van der Waals surface area contributed by atoms with Gasteiger partial charge in [-0.05, 0) is 24.3 Å². The van der Waals surface area contributed by atoms with Crippen molar-refractivity contribution >= 4 is 17.5 Å². The summed E-state index contributed by atoms with van der Waals surface area (Å²) in [5.74, 6) is 1.50. The molecule has 1 N–H and O–H groups in total. The quantitative estimate of drug-likeness (QED) is 0.734. The SMILES string of the molecule is CCc1ccc(C2COCCN2C(=O)c2cc(-c3ccccc3Cl)n[nH]2)o1. The van der Waals surface area contributed by atoms with Gasteiger partial charge in [0.1, 0.15) is 23.3 Å². The molecule has 1 aliphatic rings. The minimum absolute atomic E-state index is 0.136. The van der Waals surface area contributed by atoms with Crippen molar-refractivity contribution in [1.82, 2.24) is 15.1 Å². The third kappa shape index (κ3) is 3.50. The first-order valence-electron chi connectivity index (χ1n) is 8.95. The Bertz CT molecular complexity index is 949. The van der Waals surface area contributed by atoms with Crippen molar-refractivity contribution in [2.24, 2.45) is 0 Å². The summed E-state index contributed by atoms with van der Waals surface area (Å²) in [5, 5.41) is 7.70. The van der Waals surface area contributed by atoms with Crippen LogP contribution in [0.25, 0.3) is 11.3 Å². The third-order valence-electron chi connectivity index (χ3n) is 4.71. The Morgan fingerprint density at radius 3 is 2.96 bits per heavy atom. The number of carbonyl (C=O) groups is 1. The molecule has 0 radical (unpaired) electrons. The second kappa shape index (κ2) is 7.58. The normalized spacial score (nSPS) is 17.3. The molecule has 6 nitrogen and oxygen atoms in total. The Morgan fingerprint density at radius 2 is 2.19 bits per heavy atom. The summed E-state index contributed by atoms with van der Waals surface area (Å²) >= 11 is 6.24. The number of hydrogen-bond donors (Lipinski definition) is 1. The molecular formula is C20H20ClN3O3. The number of nitrogens with one attached hydrogen (secondary N) is 1. The number of hydrogen-bond acceptors (Lipinski definition) is 4. The molecule has 1 amide bonds. The van der Waals surface area contributed by atoms with Gasteiger partial charge in [-0.15, -0.1) is 0 Å². The molecule has 140 valence electrons. The number of nitrogens with zero attached hydrogens (tertiary/aromatic N) is 2. The maximum Gasteiger partial charge on any atom is 0.272 e. The summed E-state index contributed by atoms with van der Waals surface area (Å²) in [6.07, 6.45) is 0.809. The van der Waals surface area contributed by atoms with E-state index in [9.17, 15) is 4.79 Å². The third-order valence-corrected chi connectivity index (χ3v) is 5.04. The Kier molecular flexibility index (Phi) is 5.01. The van der Waals surface area contributed by atoms with Crippen LogP contribution in [-0.2, 0) is 11.2 Å². The number of benzene rings is 1. The van der Waals surface area contributed by atoms with Crippen molar-refractivity contribution in [3.8, 4) is 11.3 Å². The lowest BCUT2D eigenvalue weighted by Crippen LogP contribution is -2.43. The molecule has 0 bridgehead atoms. The Labute approximate surface area is 162 Å². The minimum atomic E-state index is -0.251. The number of H-pyrrole nitrogens is 1. The molecule has 0 aliphatic carbocycles. The van der Waals surface area contributed by atoms with E-state index in [-0.39, 0.29) is 11.9 Å². The summed E-state index contributed by atoms with van der Waals surface area (Å²) < 4.78 is 11.5. The van der Waals surface area contributed by atoms with Crippen LogP contribution in [0.5, 0.6) is 0 Å². The highest BCUT2D eigenvalue weighted by atomic mass is 35.5. The zero-order valence-corrected chi connectivity index (χ0v) is 15.7. The van der Waals surface area contributed by atoms with E-state index in [2.05, 4.69) is 10.2 Å². The van der Waals surface area contributed by atoms with Crippen molar-refractivity contribution in [3.63, 3.8) is 0 Å². The monoisotopic (exact) mass is 385 g/mol. The molecule has 1 fully saturated rings. The molecule has 0 saturated carbocycles. The van der Waals surface area contributed by atoms with Gasteiger partial charge in [-0.2, -0.15) is 5.10 Å². The molecule has 0 spiro atoms. The molecule has 27 heavy (non-hydrogen) atoms. The lowest BCUT2D eigenvalue weighted by molar-refractivity contribution is -0.00930. The number of furan rings is 1. The van der Waals surface area contributed by atoms with E-state index in [1.165, 1.54) is 0 Å². The van der Waals surface area contributed by atoms with E-state index < -0.39 is 0 Å². The van der Waals surface area contributed by atoms with Gasteiger partial charge in [0.05, 0.1) is 23.9 Å². The van der Waals surface area contributed by atoms with Gasteiger partial charge in [0.25, 0.3) is 5.91 Å².